The zero-order valence-electron chi connectivity index (χ0n) is 12.9. The molecule has 24 heavy (non-hydrogen) atoms. The Morgan fingerprint density at radius 1 is 1.54 bits per heavy atom. The monoisotopic (exact) mass is 370 g/mol. The van der Waals surface area contributed by atoms with E-state index in [-0.39, 0.29) is 16.4 Å². The molecule has 0 aliphatic carbocycles. The van der Waals surface area contributed by atoms with Crippen molar-refractivity contribution in [3.63, 3.8) is 0 Å². The molecule has 0 saturated carbocycles. The Morgan fingerprint density at radius 2 is 2.25 bits per heavy atom. The SMILES string of the molecule is CCn1cc(Cl)c(C(=O)N[C@H]2C(=O)N3C(C(=O)O)=C(C)CS[C@@H]23)n1. The lowest BCUT2D eigenvalue weighted by Crippen LogP contribution is -2.70. The minimum Gasteiger partial charge on any atom is -0.477 e. The van der Waals surface area contributed by atoms with E-state index in [1.54, 1.807) is 6.92 Å². The van der Waals surface area contributed by atoms with Gasteiger partial charge >= 0.3 is 5.97 Å². The molecule has 0 bridgehead atoms. The smallest absolute Gasteiger partial charge is 0.352 e. The molecule has 1 aromatic heterocycles. The fourth-order valence-corrected chi connectivity index (χ4v) is 4.23. The molecule has 2 atom stereocenters. The van der Waals surface area contributed by atoms with Crippen LogP contribution in [0.5, 0.6) is 0 Å². The number of fused-ring (bicyclic) bond motifs is 1. The highest BCUT2D eigenvalue weighted by atomic mass is 35.5. The van der Waals surface area contributed by atoms with Crippen LogP contribution in [0.4, 0.5) is 0 Å². The summed E-state index contributed by atoms with van der Waals surface area (Å²) in [5.41, 5.74) is 0.685. The van der Waals surface area contributed by atoms with E-state index < -0.39 is 29.2 Å². The number of halogens is 1. The summed E-state index contributed by atoms with van der Waals surface area (Å²) in [6.07, 6.45) is 1.54. The van der Waals surface area contributed by atoms with E-state index in [4.69, 9.17) is 11.6 Å². The largest absolute Gasteiger partial charge is 0.477 e. The van der Waals surface area contributed by atoms with Gasteiger partial charge in [-0.2, -0.15) is 5.10 Å². The Kier molecular flexibility index (Phi) is 4.31. The average molecular weight is 371 g/mol. The van der Waals surface area contributed by atoms with Crippen LogP contribution in [0.1, 0.15) is 24.3 Å². The van der Waals surface area contributed by atoms with Gasteiger partial charge in [0.25, 0.3) is 11.8 Å². The molecule has 3 heterocycles. The van der Waals surface area contributed by atoms with E-state index in [2.05, 4.69) is 10.4 Å². The predicted molar refractivity (Wildman–Crippen MR) is 87.6 cm³/mol. The summed E-state index contributed by atoms with van der Waals surface area (Å²) >= 11 is 7.41. The first-order valence-electron chi connectivity index (χ1n) is 7.26. The number of nitrogens with one attached hydrogen (secondary N) is 1. The number of thioether (sulfide) groups is 1. The van der Waals surface area contributed by atoms with Gasteiger partial charge < -0.3 is 10.4 Å². The molecule has 1 aromatic rings. The normalized spacial score (nSPS) is 23.0. The van der Waals surface area contributed by atoms with Gasteiger partial charge in [0.05, 0.1) is 5.02 Å². The maximum atomic E-state index is 12.3. The van der Waals surface area contributed by atoms with Crippen LogP contribution < -0.4 is 5.32 Å². The molecule has 2 aliphatic heterocycles. The van der Waals surface area contributed by atoms with Gasteiger partial charge in [0.15, 0.2) is 5.69 Å². The minimum absolute atomic E-state index is 0.00235. The number of hydrogen-bond acceptors (Lipinski definition) is 5. The number of aryl methyl sites for hydroxylation is 1. The number of rotatable bonds is 4. The first kappa shape index (κ1) is 16.8. The quantitative estimate of drug-likeness (QED) is 0.764. The lowest BCUT2D eigenvalue weighted by atomic mass is 10.0. The fraction of sp³-hybridized carbons (Fsp3) is 0.429. The van der Waals surface area contributed by atoms with Crippen LogP contribution in [-0.4, -0.2) is 54.7 Å². The number of amides is 2. The zero-order valence-corrected chi connectivity index (χ0v) is 14.5. The molecule has 0 radical (unpaired) electrons. The van der Waals surface area contributed by atoms with Crippen molar-refractivity contribution in [2.75, 3.05) is 5.75 Å². The third-order valence-electron chi connectivity index (χ3n) is 3.90. The maximum absolute atomic E-state index is 12.3. The zero-order chi connectivity index (χ0) is 17.6. The Morgan fingerprint density at radius 3 is 2.83 bits per heavy atom. The van der Waals surface area contributed by atoms with Gasteiger partial charge in [-0.25, -0.2) is 4.79 Å². The van der Waals surface area contributed by atoms with Crippen molar-refractivity contribution in [2.45, 2.75) is 31.8 Å². The molecule has 2 aliphatic rings. The molecule has 10 heteroatoms. The topological polar surface area (TPSA) is 105 Å². The predicted octanol–water partition coefficient (Wildman–Crippen LogP) is 0.928. The molecule has 2 amide bonds. The molecule has 2 N–H and O–H groups in total. The van der Waals surface area contributed by atoms with Crippen LogP contribution in [0.25, 0.3) is 0 Å². The van der Waals surface area contributed by atoms with Crippen LogP contribution >= 0.6 is 23.4 Å². The highest BCUT2D eigenvalue weighted by Gasteiger charge is 2.53. The number of carbonyl (C=O) groups is 3. The highest BCUT2D eigenvalue weighted by molar-refractivity contribution is 8.00. The van der Waals surface area contributed by atoms with Gasteiger partial charge in [-0.05, 0) is 19.4 Å². The van der Waals surface area contributed by atoms with E-state index in [9.17, 15) is 19.5 Å². The van der Waals surface area contributed by atoms with Crippen molar-refractivity contribution in [2.24, 2.45) is 0 Å². The summed E-state index contributed by atoms with van der Waals surface area (Å²) in [5.74, 6) is -1.63. The molecule has 128 valence electrons. The van der Waals surface area contributed by atoms with E-state index in [0.717, 1.165) is 0 Å². The molecule has 0 aromatic carbocycles. The van der Waals surface area contributed by atoms with Crippen LogP contribution in [0.3, 0.4) is 0 Å². The van der Waals surface area contributed by atoms with Gasteiger partial charge in [-0.3, -0.25) is 19.2 Å². The number of aliphatic carboxylic acids is 1. The van der Waals surface area contributed by atoms with Gasteiger partial charge in [-0.15, -0.1) is 11.8 Å². The van der Waals surface area contributed by atoms with Gasteiger partial charge in [0.2, 0.25) is 0 Å². The van der Waals surface area contributed by atoms with Gasteiger partial charge in [0.1, 0.15) is 17.1 Å². The lowest BCUT2D eigenvalue weighted by Gasteiger charge is -2.49. The molecule has 3 rings (SSSR count). The average Bonchev–Trinajstić information content (AvgIpc) is 2.93. The van der Waals surface area contributed by atoms with Crippen LogP contribution in [0.15, 0.2) is 17.5 Å². The summed E-state index contributed by atoms with van der Waals surface area (Å²) < 4.78 is 1.52. The Labute approximate surface area is 146 Å². The van der Waals surface area contributed by atoms with Gasteiger partial charge in [0, 0.05) is 18.5 Å². The van der Waals surface area contributed by atoms with Crippen molar-refractivity contribution >= 4 is 41.1 Å². The van der Waals surface area contributed by atoms with Crippen LogP contribution in [-0.2, 0) is 16.1 Å². The fourth-order valence-electron chi connectivity index (χ4n) is 2.70. The number of hydrogen-bond donors (Lipinski definition) is 2. The third-order valence-corrected chi connectivity index (χ3v) is 5.60. The van der Waals surface area contributed by atoms with Crippen LogP contribution in [0, 0.1) is 0 Å². The maximum Gasteiger partial charge on any atom is 0.352 e. The molecular weight excluding hydrogens is 356 g/mol. The summed E-state index contributed by atoms with van der Waals surface area (Å²) in [7, 11) is 0. The first-order valence-corrected chi connectivity index (χ1v) is 8.69. The Hall–Kier alpha value is -2.00. The summed E-state index contributed by atoms with van der Waals surface area (Å²) in [6, 6.07) is -0.784. The number of carboxylic acid groups (broad SMARTS) is 1. The number of nitrogens with zero attached hydrogens (tertiary/aromatic N) is 3. The second-order valence-corrected chi connectivity index (χ2v) is 6.99. The molecule has 1 fully saturated rings. The number of β-lactam (4-membered cyclic amide) rings is 1. The van der Waals surface area contributed by atoms with Gasteiger partial charge in [-0.1, -0.05) is 11.6 Å². The Bertz CT molecular complexity index is 775. The molecular formula is C14H15ClN4O4S. The van der Waals surface area contributed by atoms with Crippen molar-refractivity contribution in [1.29, 1.82) is 0 Å². The van der Waals surface area contributed by atoms with E-state index in [1.165, 1.54) is 27.5 Å². The van der Waals surface area contributed by atoms with E-state index in [1.807, 2.05) is 6.92 Å². The first-order chi connectivity index (χ1) is 11.3. The summed E-state index contributed by atoms with van der Waals surface area (Å²) in [5, 5.41) is 15.7. The molecule has 1 saturated heterocycles. The second kappa shape index (κ2) is 6.14. The third kappa shape index (κ3) is 2.57. The van der Waals surface area contributed by atoms with Crippen LogP contribution in [0.2, 0.25) is 5.02 Å². The van der Waals surface area contributed by atoms with E-state index >= 15 is 0 Å². The number of aromatic nitrogens is 2. The lowest BCUT2D eigenvalue weighted by molar-refractivity contribution is -0.148. The number of carboxylic acids is 1. The standard InChI is InChI=1S/C14H15ClN4O4S/c1-3-18-4-7(15)8(17-18)11(20)16-9-12(21)19-10(14(22)23)6(2)5-24-13(9)19/h4,9,13H,3,5H2,1-2H3,(H,16,20)(H,22,23)/t9-,13-/m0/s1. The van der Waals surface area contributed by atoms with Crippen molar-refractivity contribution in [1.82, 2.24) is 20.0 Å². The van der Waals surface area contributed by atoms with E-state index in [0.29, 0.717) is 17.9 Å². The highest BCUT2D eigenvalue weighted by Crippen LogP contribution is 2.40. The number of carbonyl (C=O) groups excluding carboxylic acids is 2. The van der Waals surface area contributed by atoms with Crippen molar-refractivity contribution < 1.29 is 19.5 Å². The molecule has 0 unspecified atom stereocenters. The molecule has 8 nitrogen and oxygen atoms in total. The second-order valence-electron chi connectivity index (χ2n) is 5.48. The summed E-state index contributed by atoms with van der Waals surface area (Å²) in [6.45, 7) is 4.11. The molecule has 0 spiro atoms. The summed E-state index contributed by atoms with van der Waals surface area (Å²) in [4.78, 5) is 37.2. The van der Waals surface area contributed by atoms with Crippen molar-refractivity contribution in [3.05, 3.63) is 28.2 Å². The van der Waals surface area contributed by atoms with Crippen molar-refractivity contribution in [3.8, 4) is 0 Å². The minimum atomic E-state index is -1.14. The Balaban J connectivity index is 1.77.